The van der Waals surface area contributed by atoms with Crippen molar-refractivity contribution in [1.29, 1.82) is 0 Å². The Hall–Kier alpha value is -1.68. The number of aromatic nitrogens is 2. The van der Waals surface area contributed by atoms with Crippen molar-refractivity contribution < 1.29 is 4.39 Å². The van der Waals surface area contributed by atoms with E-state index in [-0.39, 0.29) is 11.7 Å². The number of anilines is 1. The minimum atomic E-state index is -0.370. The van der Waals surface area contributed by atoms with Gasteiger partial charge in [0.05, 0.1) is 18.1 Å². The average Bonchev–Trinajstić information content (AvgIpc) is 2.40. The van der Waals surface area contributed by atoms with Gasteiger partial charge in [-0.1, -0.05) is 6.07 Å². The maximum absolute atomic E-state index is 14.0. The SMILES string of the molecule is CN(Cc1ccccn1)c1nccc(CCl)c1F. The Morgan fingerprint density at radius 1 is 1.22 bits per heavy atom. The van der Waals surface area contributed by atoms with Gasteiger partial charge in [-0.25, -0.2) is 9.37 Å². The zero-order valence-electron chi connectivity index (χ0n) is 9.98. The molecule has 2 rings (SSSR count). The monoisotopic (exact) mass is 265 g/mol. The van der Waals surface area contributed by atoms with Crippen LogP contribution in [0.25, 0.3) is 0 Å². The van der Waals surface area contributed by atoms with Gasteiger partial charge in [0, 0.05) is 25.0 Å². The smallest absolute Gasteiger partial charge is 0.170 e. The van der Waals surface area contributed by atoms with E-state index < -0.39 is 0 Å². The van der Waals surface area contributed by atoms with Crippen LogP contribution in [0.1, 0.15) is 11.3 Å². The molecule has 0 saturated heterocycles. The number of halogens is 2. The highest BCUT2D eigenvalue weighted by atomic mass is 35.5. The molecule has 2 heterocycles. The fourth-order valence-corrected chi connectivity index (χ4v) is 1.86. The maximum Gasteiger partial charge on any atom is 0.170 e. The molecular formula is C13H13ClFN3. The Morgan fingerprint density at radius 2 is 2.06 bits per heavy atom. The molecule has 0 aromatic carbocycles. The van der Waals surface area contributed by atoms with Crippen LogP contribution in [0, 0.1) is 5.82 Å². The van der Waals surface area contributed by atoms with Crippen molar-refractivity contribution in [3.05, 3.63) is 53.7 Å². The first kappa shape index (κ1) is 12.8. The molecule has 5 heteroatoms. The lowest BCUT2D eigenvalue weighted by Gasteiger charge is -2.19. The molecule has 0 fully saturated rings. The van der Waals surface area contributed by atoms with Gasteiger partial charge in [-0.15, -0.1) is 11.6 Å². The van der Waals surface area contributed by atoms with Gasteiger partial charge < -0.3 is 4.90 Å². The highest BCUT2D eigenvalue weighted by Crippen LogP contribution is 2.20. The van der Waals surface area contributed by atoms with Gasteiger partial charge in [-0.2, -0.15) is 0 Å². The van der Waals surface area contributed by atoms with Gasteiger partial charge in [0.2, 0.25) is 0 Å². The molecule has 0 atom stereocenters. The normalized spacial score (nSPS) is 10.4. The second kappa shape index (κ2) is 5.78. The first-order valence-electron chi connectivity index (χ1n) is 5.52. The zero-order chi connectivity index (χ0) is 13.0. The van der Waals surface area contributed by atoms with Crippen LogP contribution in [-0.4, -0.2) is 17.0 Å². The van der Waals surface area contributed by atoms with E-state index in [9.17, 15) is 4.39 Å². The van der Waals surface area contributed by atoms with E-state index in [1.165, 1.54) is 0 Å². The maximum atomic E-state index is 14.0. The van der Waals surface area contributed by atoms with Crippen LogP contribution < -0.4 is 4.90 Å². The molecule has 0 spiro atoms. The van der Waals surface area contributed by atoms with Gasteiger partial charge in [0.15, 0.2) is 11.6 Å². The van der Waals surface area contributed by atoms with Gasteiger partial charge >= 0.3 is 0 Å². The van der Waals surface area contributed by atoms with E-state index in [0.29, 0.717) is 17.9 Å². The number of hydrogen-bond donors (Lipinski definition) is 0. The predicted octanol–water partition coefficient (Wildman–Crippen LogP) is 2.99. The third kappa shape index (κ3) is 2.76. The highest BCUT2D eigenvalue weighted by Gasteiger charge is 2.13. The van der Waals surface area contributed by atoms with Gasteiger partial charge in [-0.05, 0) is 18.2 Å². The lowest BCUT2D eigenvalue weighted by atomic mass is 10.2. The van der Waals surface area contributed by atoms with Gasteiger partial charge in [0.25, 0.3) is 0 Å². The standard InChI is InChI=1S/C13H13ClFN3/c1-18(9-11-4-2-3-6-16-11)13-12(15)10(8-14)5-7-17-13/h2-7H,8-9H2,1H3. The van der Waals surface area contributed by atoms with Gasteiger partial charge in [-0.3, -0.25) is 4.98 Å². The summed E-state index contributed by atoms with van der Waals surface area (Å²) in [5.41, 5.74) is 1.31. The van der Waals surface area contributed by atoms with Crippen molar-refractivity contribution in [3.8, 4) is 0 Å². The molecule has 94 valence electrons. The Balaban J connectivity index is 2.21. The van der Waals surface area contributed by atoms with E-state index in [2.05, 4.69) is 9.97 Å². The third-order valence-electron chi connectivity index (χ3n) is 2.58. The second-order valence-electron chi connectivity index (χ2n) is 3.92. The number of alkyl halides is 1. The fraction of sp³-hybridized carbons (Fsp3) is 0.231. The number of hydrogen-bond acceptors (Lipinski definition) is 3. The largest absolute Gasteiger partial charge is 0.351 e. The summed E-state index contributed by atoms with van der Waals surface area (Å²) in [5, 5.41) is 0. The second-order valence-corrected chi connectivity index (χ2v) is 4.19. The minimum Gasteiger partial charge on any atom is -0.351 e. The van der Waals surface area contributed by atoms with Crippen LogP contribution in [0.5, 0.6) is 0 Å². The quantitative estimate of drug-likeness (QED) is 0.796. The van der Waals surface area contributed by atoms with Crippen molar-refractivity contribution in [2.24, 2.45) is 0 Å². The van der Waals surface area contributed by atoms with Crippen molar-refractivity contribution in [1.82, 2.24) is 9.97 Å². The Bertz CT molecular complexity index is 519. The van der Waals surface area contributed by atoms with Crippen molar-refractivity contribution >= 4 is 17.4 Å². The molecule has 0 aliphatic heterocycles. The molecule has 0 N–H and O–H groups in total. The average molecular weight is 266 g/mol. The van der Waals surface area contributed by atoms with Crippen molar-refractivity contribution in [2.75, 3.05) is 11.9 Å². The topological polar surface area (TPSA) is 29.0 Å². The summed E-state index contributed by atoms with van der Waals surface area (Å²) in [6.07, 6.45) is 3.27. The number of nitrogens with zero attached hydrogens (tertiary/aromatic N) is 3. The van der Waals surface area contributed by atoms with Crippen LogP contribution in [0.15, 0.2) is 36.7 Å². The van der Waals surface area contributed by atoms with Crippen LogP contribution in [0.2, 0.25) is 0 Å². The van der Waals surface area contributed by atoms with Crippen LogP contribution in [0.4, 0.5) is 10.2 Å². The Kier molecular flexibility index (Phi) is 4.10. The molecule has 0 bridgehead atoms. The molecule has 0 aliphatic rings. The lowest BCUT2D eigenvalue weighted by molar-refractivity contribution is 0.603. The molecule has 0 radical (unpaired) electrons. The molecule has 18 heavy (non-hydrogen) atoms. The Morgan fingerprint density at radius 3 is 2.72 bits per heavy atom. The molecule has 2 aromatic heterocycles. The molecule has 0 aliphatic carbocycles. The minimum absolute atomic E-state index is 0.138. The summed E-state index contributed by atoms with van der Waals surface area (Å²) in [7, 11) is 1.78. The molecule has 0 amide bonds. The number of rotatable bonds is 4. The number of pyridine rings is 2. The molecule has 3 nitrogen and oxygen atoms in total. The third-order valence-corrected chi connectivity index (χ3v) is 2.87. The molecular weight excluding hydrogens is 253 g/mol. The molecule has 0 saturated carbocycles. The fourth-order valence-electron chi connectivity index (χ4n) is 1.65. The van der Waals surface area contributed by atoms with Crippen molar-refractivity contribution in [2.45, 2.75) is 12.4 Å². The summed E-state index contributed by atoms with van der Waals surface area (Å²) in [5.74, 6) is 0.0587. The van der Waals surface area contributed by atoms with E-state index in [4.69, 9.17) is 11.6 Å². The van der Waals surface area contributed by atoms with Gasteiger partial charge in [0.1, 0.15) is 0 Å². The van der Waals surface area contributed by atoms with E-state index in [1.807, 2.05) is 18.2 Å². The van der Waals surface area contributed by atoms with Crippen molar-refractivity contribution in [3.63, 3.8) is 0 Å². The van der Waals surface area contributed by atoms with Crippen LogP contribution in [0.3, 0.4) is 0 Å². The summed E-state index contributed by atoms with van der Waals surface area (Å²) in [6.45, 7) is 0.497. The lowest BCUT2D eigenvalue weighted by Crippen LogP contribution is -2.20. The van der Waals surface area contributed by atoms with Crippen LogP contribution >= 0.6 is 11.6 Å². The highest BCUT2D eigenvalue weighted by molar-refractivity contribution is 6.17. The summed E-state index contributed by atoms with van der Waals surface area (Å²) in [6, 6.07) is 7.21. The Labute approximate surface area is 110 Å². The first-order chi connectivity index (χ1) is 8.72. The predicted molar refractivity (Wildman–Crippen MR) is 70.1 cm³/mol. The van der Waals surface area contributed by atoms with E-state index in [0.717, 1.165) is 5.69 Å². The molecule has 0 unspecified atom stereocenters. The molecule has 2 aromatic rings. The van der Waals surface area contributed by atoms with E-state index >= 15 is 0 Å². The summed E-state index contributed by atoms with van der Waals surface area (Å²) < 4.78 is 14.0. The van der Waals surface area contributed by atoms with Crippen LogP contribution in [-0.2, 0) is 12.4 Å². The first-order valence-corrected chi connectivity index (χ1v) is 6.06. The summed E-state index contributed by atoms with van der Waals surface area (Å²) in [4.78, 5) is 9.96. The summed E-state index contributed by atoms with van der Waals surface area (Å²) >= 11 is 5.67. The van der Waals surface area contributed by atoms with E-state index in [1.54, 1.807) is 30.4 Å². The zero-order valence-corrected chi connectivity index (χ0v) is 10.7.